The van der Waals surface area contributed by atoms with Gasteiger partial charge in [-0.25, -0.2) is 4.98 Å². The Hall–Kier alpha value is -2.14. The van der Waals surface area contributed by atoms with Crippen molar-refractivity contribution >= 4 is 5.95 Å². The molecule has 1 fully saturated rings. The Kier molecular flexibility index (Phi) is 4.76. The SMILES string of the molecule is Cc1nc(NC2CCN(Cc3ccccc3)CC2)[nH]c(=O)c1C. The number of aromatic amines is 1. The predicted octanol–water partition coefficient (Wildman–Crippen LogP) is 2.46. The van der Waals surface area contributed by atoms with E-state index in [0.29, 0.717) is 17.6 Å². The molecule has 122 valence electrons. The third-order valence-electron chi connectivity index (χ3n) is 4.57. The molecule has 0 bridgehead atoms. The number of nitrogens with zero attached hydrogens (tertiary/aromatic N) is 2. The first-order chi connectivity index (χ1) is 11.1. The van der Waals surface area contributed by atoms with Gasteiger partial charge in [-0.2, -0.15) is 0 Å². The van der Waals surface area contributed by atoms with Gasteiger partial charge >= 0.3 is 0 Å². The largest absolute Gasteiger partial charge is 0.353 e. The minimum atomic E-state index is -0.0542. The van der Waals surface area contributed by atoms with Crippen molar-refractivity contribution in [3.05, 3.63) is 57.5 Å². The summed E-state index contributed by atoms with van der Waals surface area (Å²) in [5.41, 5.74) is 2.78. The quantitative estimate of drug-likeness (QED) is 0.910. The van der Waals surface area contributed by atoms with E-state index in [1.54, 1.807) is 6.92 Å². The molecule has 1 aromatic heterocycles. The maximum atomic E-state index is 11.8. The molecule has 23 heavy (non-hydrogen) atoms. The first kappa shape index (κ1) is 15.7. The van der Waals surface area contributed by atoms with Gasteiger partial charge in [0.15, 0.2) is 0 Å². The van der Waals surface area contributed by atoms with Gasteiger partial charge in [-0.05, 0) is 32.3 Å². The van der Waals surface area contributed by atoms with Crippen LogP contribution < -0.4 is 10.9 Å². The van der Waals surface area contributed by atoms with Crippen molar-refractivity contribution in [2.24, 2.45) is 0 Å². The molecule has 1 aliphatic heterocycles. The monoisotopic (exact) mass is 312 g/mol. The number of aromatic nitrogens is 2. The molecular weight excluding hydrogens is 288 g/mol. The minimum Gasteiger partial charge on any atom is -0.353 e. The number of hydrogen-bond acceptors (Lipinski definition) is 4. The molecule has 5 nitrogen and oxygen atoms in total. The van der Waals surface area contributed by atoms with Gasteiger partial charge in [-0.15, -0.1) is 0 Å². The highest BCUT2D eigenvalue weighted by molar-refractivity contribution is 5.30. The number of piperidine rings is 1. The van der Waals surface area contributed by atoms with Crippen molar-refractivity contribution in [3.63, 3.8) is 0 Å². The molecule has 0 radical (unpaired) electrons. The summed E-state index contributed by atoms with van der Waals surface area (Å²) in [6.07, 6.45) is 2.12. The average molecular weight is 312 g/mol. The van der Waals surface area contributed by atoms with Crippen molar-refractivity contribution in [1.82, 2.24) is 14.9 Å². The lowest BCUT2D eigenvalue weighted by Gasteiger charge is -2.32. The summed E-state index contributed by atoms with van der Waals surface area (Å²) < 4.78 is 0. The van der Waals surface area contributed by atoms with Crippen LogP contribution in [0.5, 0.6) is 0 Å². The number of hydrogen-bond donors (Lipinski definition) is 2. The van der Waals surface area contributed by atoms with E-state index in [1.807, 2.05) is 6.92 Å². The van der Waals surface area contributed by atoms with Crippen LogP contribution in [0, 0.1) is 13.8 Å². The van der Waals surface area contributed by atoms with Crippen LogP contribution >= 0.6 is 0 Å². The molecule has 0 aliphatic carbocycles. The van der Waals surface area contributed by atoms with E-state index in [-0.39, 0.29) is 5.56 Å². The zero-order valence-corrected chi connectivity index (χ0v) is 13.8. The fraction of sp³-hybridized carbons (Fsp3) is 0.444. The van der Waals surface area contributed by atoms with Crippen molar-refractivity contribution in [3.8, 4) is 0 Å². The Bertz CT molecular complexity index is 703. The molecule has 1 aromatic carbocycles. The van der Waals surface area contributed by atoms with Gasteiger partial charge in [0.2, 0.25) is 5.95 Å². The van der Waals surface area contributed by atoms with E-state index < -0.39 is 0 Å². The Morgan fingerprint density at radius 2 is 1.91 bits per heavy atom. The van der Waals surface area contributed by atoms with Crippen LogP contribution in [-0.2, 0) is 6.54 Å². The molecule has 1 saturated heterocycles. The zero-order valence-electron chi connectivity index (χ0n) is 13.8. The number of rotatable bonds is 4. The second-order valence-electron chi connectivity index (χ2n) is 6.31. The number of benzene rings is 1. The fourth-order valence-corrected chi connectivity index (χ4v) is 2.98. The highest BCUT2D eigenvalue weighted by Crippen LogP contribution is 2.16. The topological polar surface area (TPSA) is 61.0 Å². The molecule has 0 amide bonds. The van der Waals surface area contributed by atoms with E-state index in [9.17, 15) is 4.79 Å². The summed E-state index contributed by atoms with van der Waals surface area (Å²) in [5, 5.41) is 3.38. The molecule has 5 heteroatoms. The second-order valence-corrected chi connectivity index (χ2v) is 6.31. The summed E-state index contributed by atoms with van der Waals surface area (Å²) in [4.78, 5) is 21.5. The lowest BCUT2D eigenvalue weighted by Crippen LogP contribution is -2.39. The third kappa shape index (κ3) is 3.99. The Morgan fingerprint density at radius 3 is 2.57 bits per heavy atom. The van der Waals surface area contributed by atoms with Crippen molar-refractivity contribution in [1.29, 1.82) is 0 Å². The van der Waals surface area contributed by atoms with E-state index in [2.05, 4.69) is 50.5 Å². The molecule has 0 saturated carbocycles. The maximum absolute atomic E-state index is 11.8. The van der Waals surface area contributed by atoms with Gasteiger partial charge in [-0.1, -0.05) is 30.3 Å². The summed E-state index contributed by atoms with van der Waals surface area (Å²) in [7, 11) is 0. The Morgan fingerprint density at radius 1 is 1.22 bits per heavy atom. The van der Waals surface area contributed by atoms with E-state index in [4.69, 9.17) is 0 Å². The number of H-pyrrole nitrogens is 1. The Labute approximate surface area is 136 Å². The maximum Gasteiger partial charge on any atom is 0.255 e. The molecule has 0 spiro atoms. The highest BCUT2D eigenvalue weighted by atomic mass is 16.1. The van der Waals surface area contributed by atoms with Crippen LogP contribution in [0.1, 0.15) is 29.7 Å². The lowest BCUT2D eigenvalue weighted by molar-refractivity contribution is 0.211. The number of likely N-dealkylation sites (tertiary alicyclic amines) is 1. The van der Waals surface area contributed by atoms with E-state index in [0.717, 1.165) is 38.2 Å². The molecule has 1 aliphatic rings. The van der Waals surface area contributed by atoms with E-state index in [1.165, 1.54) is 5.56 Å². The molecule has 3 rings (SSSR count). The van der Waals surface area contributed by atoms with Crippen LogP contribution in [0.4, 0.5) is 5.95 Å². The Balaban J connectivity index is 1.54. The fourth-order valence-electron chi connectivity index (χ4n) is 2.98. The van der Waals surface area contributed by atoms with Crippen molar-refractivity contribution < 1.29 is 0 Å². The molecular formula is C18H24N4O. The molecule has 0 atom stereocenters. The first-order valence-corrected chi connectivity index (χ1v) is 8.22. The van der Waals surface area contributed by atoms with Gasteiger partial charge < -0.3 is 5.32 Å². The molecule has 2 heterocycles. The van der Waals surface area contributed by atoms with Crippen molar-refractivity contribution in [2.45, 2.75) is 39.3 Å². The summed E-state index contributed by atoms with van der Waals surface area (Å²) in [6, 6.07) is 10.9. The smallest absolute Gasteiger partial charge is 0.255 e. The number of anilines is 1. The molecule has 0 unspecified atom stereocenters. The van der Waals surface area contributed by atoms with Crippen LogP contribution in [0.2, 0.25) is 0 Å². The average Bonchev–Trinajstić information content (AvgIpc) is 2.55. The zero-order chi connectivity index (χ0) is 16.2. The van der Waals surface area contributed by atoms with Gasteiger partial charge in [0, 0.05) is 36.9 Å². The number of nitrogens with one attached hydrogen (secondary N) is 2. The first-order valence-electron chi connectivity index (χ1n) is 8.22. The molecule has 2 N–H and O–H groups in total. The molecule has 2 aromatic rings. The highest BCUT2D eigenvalue weighted by Gasteiger charge is 2.20. The van der Waals surface area contributed by atoms with E-state index >= 15 is 0 Å². The summed E-state index contributed by atoms with van der Waals surface area (Å²) in [5.74, 6) is 0.597. The summed E-state index contributed by atoms with van der Waals surface area (Å²) in [6.45, 7) is 6.79. The standard InChI is InChI=1S/C18H24N4O/c1-13-14(2)19-18(21-17(13)23)20-16-8-10-22(11-9-16)12-15-6-4-3-5-7-15/h3-7,16H,8-12H2,1-2H3,(H2,19,20,21,23). The van der Waals surface area contributed by atoms with Gasteiger partial charge in [0.1, 0.15) is 0 Å². The lowest BCUT2D eigenvalue weighted by atomic mass is 10.0. The minimum absolute atomic E-state index is 0.0542. The second kappa shape index (κ2) is 6.96. The van der Waals surface area contributed by atoms with Gasteiger partial charge in [0.25, 0.3) is 5.56 Å². The third-order valence-corrected chi connectivity index (χ3v) is 4.57. The van der Waals surface area contributed by atoms with Crippen LogP contribution in [-0.4, -0.2) is 34.0 Å². The predicted molar refractivity (Wildman–Crippen MR) is 92.7 cm³/mol. The van der Waals surface area contributed by atoms with Crippen LogP contribution in [0.15, 0.2) is 35.1 Å². The van der Waals surface area contributed by atoms with Gasteiger partial charge in [-0.3, -0.25) is 14.7 Å². The summed E-state index contributed by atoms with van der Waals surface area (Å²) >= 11 is 0. The number of aryl methyl sites for hydroxylation is 1. The van der Waals surface area contributed by atoms with Crippen LogP contribution in [0.25, 0.3) is 0 Å². The van der Waals surface area contributed by atoms with Crippen LogP contribution in [0.3, 0.4) is 0 Å². The van der Waals surface area contributed by atoms with Gasteiger partial charge in [0.05, 0.1) is 0 Å². The van der Waals surface area contributed by atoms with Crippen molar-refractivity contribution in [2.75, 3.05) is 18.4 Å². The normalized spacial score (nSPS) is 16.4.